The zero-order valence-electron chi connectivity index (χ0n) is 16.1. The van der Waals surface area contributed by atoms with Crippen LogP contribution in [0.4, 0.5) is 14.5 Å². The van der Waals surface area contributed by atoms with Gasteiger partial charge in [0.05, 0.1) is 4.91 Å². The summed E-state index contributed by atoms with van der Waals surface area (Å²) in [5.74, 6) is -1.10. The summed E-state index contributed by atoms with van der Waals surface area (Å²) in [4.78, 5) is 26.4. The van der Waals surface area contributed by atoms with Crippen molar-refractivity contribution in [1.29, 1.82) is 0 Å². The number of carbonyl (C=O) groups is 2. The minimum Gasteiger partial charge on any atom is -0.326 e. The summed E-state index contributed by atoms with van der Waals surface area (Å²) in [5.41, 5.74) is 0.908. The highest BCUT2D eigenvalue weighted by atomic mass is 32.2. The van der Waals surface area contributed by atoms with E-state index in [2.05, 4.69) is 5.32 Å². The highest BCUT2D eigenvalue weighted by Gasteiger charge is 2.31. The van der Waals surface area contributed by atoms with Gasteiger partial charge in [-0.3, -0.25) is 14.5 Å². The summed E-state index contributed by atoms with van der Waals surface area (Å²) in [5, 5.41) is 2.72. The number of thioether (sulfide) groups is 1. The van der Waals surface area contributed by atoms with Gasteiger partial charge in [0.25, 0.3) is 5.91 Å². The summed E-state index contributed by atoms with van der Waals surface area (Å²) in [7, 11) is 0. The van der Waals surface area contributed by atoms with Gasteiger partial charge in [-0.15, -0.1) is 0 Å². The van der Waals surface area contributed by atoms with Gasteiger partial charge in [-0.2, -0.15) is 0 Å². The van der Waals surface area contributed by atoms with E-state index in [4.69, 9.17) is 12.2 Å². The molecule has 8 heteroatoms. The van der Waals surface area contributed by atoms with E-state index in [-0.39, 0.29) is 23.4 Å². The number of unbranched alkanes of at least 4 members (excludes halogenated alkanes) is 2. The van der Waals surface area contributed by atoms with Crippen LogP contribution in [0.1, 0.15) is 31.2 Å². The summed E-state index contributed by atoms with van der Waals surface area (Å²) in [6.07, 6.45) is 3.97. The SMILES string of the molecule is O=C(CCCCCN1C(=O)/C(=C/c2ccccc2F)SC1=S)Nc1ccc(F)cc1. The Kier molecular flexibility index (Phi) is 7.70. The normalized spacial score (nSPS) is 15.1. The van der Waals surface area contributed by atoms with Gasteiger partial charge in [0.1, 0.15) is 16.0 Å². The van der Waals surface area contributed by atoms with Crippen LogP contribution in [-0.4, -0.2) is 27.6 Å². The molecule has 4 nitrogen and oxygen atoms in total. The van der Waals surface area contributed by atoms with Crippen molar-refractivity contribution in [3.63, 3.8) is 0 Å². The van der Waals surface area contributed by atoms with Gasteiger partial charge in [0, 0.05) is 24.2 Å². The molecular formula is C22H20F2N2O2S2. The topological polar surface area (TPSA) is 49.4 Å². The van der Waals surface area contributed by atoms with Gasteiger partial charge in [-0.25, -0.2) is 8.78 Å². The number of hydrogen-bond donors (Lipinski definition) is 1. The van der Waals surface area contributed by atoms with Crippen molar-refractivity contribution in [3.05, 3.63) is 70.6 Å². The van der Waals surface area contributed by atoms with Crippen molar-refractivity contribution >= 4 is 51.9 Å². The van der Waals surface area contributed by atoms with Crippen molar-refractivity contribution in [2.45, 2.75) is 25.7 Å². The van der Waals surface area contributed by atoms with Gasteiger partial charge in [-0.1, -0.05) is 48.6 Å². The van der Waals surface area contributed by atoms with Crippen molar-refractivity contribution < 1.29 is 18.4 Å². The quantitative estimate of drug-likeness (QED) is 0.337. The predicted octanol–water partition coefficient (Wildman–Crippen LogP) is 5.37. The number of amides is 2. The first-order chi connectivity index (χ1) is 14.4. The van der Waals surface area contributed by atoms with Crippen LogP contribution in [0.5, 0.6) is 0 Å². The van der Waals surface area contributed by atoms with Gasteiger partial charge in [0.2, 0.25) is 5.91 Å². The lowest BCUT2D eigenvalue weighted by Gasteiger charge is -2.14. The maximum atomic E-state index is 13.8. The maximum Gasteiger partial charge on any atom is 0.266 e. The third-order valence-corrected chi connectivity index (χ3v) is 5.86. The summed E-state index contributed by atoms with van der Waals surface area (Å²) in [6.45, 7) is 0.457. The zero-order chi connectivity index (χ0) is 21.5. The fourth-order valence-corrected chi connectivity index (χ4v) is 4.21. The van der Waals surface area contributed by atoms with Crippen LogP contribution < -0.4 is 5.32 Å². The molecule has 3 rings (SSSR count). The monoisotopic (exact) mass is 446 g/mol. The molecule has 1 aliphatic rings. The Morgan fingerprint density at radius 2 is 1.80 bits per heavy atom. The number of carbonyl (C=O) groups excluding carboxylic acids is 2. The maximum absolute atomic E-state index is 13.8. The second-order valence-electron chi connectivity index (χ2n) is 6.72. The van der Waals surface area contributed by atoms with E-state index in [1.807, 2.05) is 0 Å². The Bertz CT molecular complexity index is 977. The van der Waals surface area contributed by atoms with Crippen molar-refractivity contribution in [2.75, 3.05) is 11.9 Å². The molecule has 0 saturated carbocycles. The first kappa shape index (κ1) is 22.1. The molecule has 2 amide bonds. The van der Waals surface area contributed by atoms with Gasteiger partial charge >= 0.3 is 0 Å². The minimum atomic E-state index is -0.387. The fourth-order valence-electron chi connectivity index (χ4n) is 2.92. The number of benzene rings is 2. The molecule has 0 spiro atoms. The molecule has 1 heterocycles. The van der Waals surface area contributed by atoms with E-state index < -0.39 is 0 Å². The zero-order valence-corrected chi connectivity index (χ0v) is 17.7. The molecule has 0 bridgehead atoms. The van der Waals surface area contributed by atoms with Crippen LogP contribution in [0, 0.1) is 11.6 Å². The third kappa shape index (κ3) is 5.96. The van der Waals surface area contributed by atoms with Gasteiger partial charge in [0.15, 0.2) is 0 Å². The molecule has 0 atom stereocenters. The van der Waals surface area contributed by atoms with Crippen LogP contribution in [0.25, 0.3) is 6.08 Å². The van der Waals surface area contributed by atoms with E-state index >= 15 is 0 Å². The number of nitrogens with zero attached hydrogens (tertiary/aromatic N) is 1. The van der Waals surface area contributed by atoms with Gasteiger partial charge < -0.3 is 5.32 Å². The largest absolute Gasteiger partial charge is 0.326 e. The second kappa shape index (κ2) is 10.4. The third-order valence-electron chi connectivity index (χ3n) is 4.48. The fraction of sp³-hybridized carbons (Fsp3) is 0.227. The lowest BCUT2D eigenvalue weighted by Crippen LogP contribution is -2.29. The van der Waals surface area contributed by atoms with Crippen LogP contribution in [0.2, 0.25) is 0 Å². The molecule has 0 aromatic heterocycles. The van der Waals surface area contributed by atoms with E-state index in [1.165, 1.54) is 53.1 Å². The minimum absolute atomic E-state index is 0.139. The van der Waals surface area contributed by atoms with Crippen molar-refractivity contribution in [2.24, 2.45) is 0 Å². The molecule has 1 saturated heterocycles. The Hall–Kier alpha value is -2.58. The molecular weight excluding hydrogens is 426 g/mol. The number of hydrogen-bond acceptors (Lipinski definition) is 4. The van der Waals surface area contributed by atoms with Crippen LogP contribution in [0.15, 0.2) is 53.4 Å². The van der Waals surface area contributed by atoms with E-state index in [1.54, 1.807) is 18.2 Å². The first-order valence-corrected chi connectivity index (χ1v) is 10.7. The summed E-state index contributed by atoms with van der Waals surface area (Å²) >= 11 is 6.46. The molecule has 156 valence electrons. The standard InChI is InChI=1S/C22H20F2N2O2S2/c23-16-9-11-17(12-10-16)25-20(27)8-2-1-5-13-26-21(28)19(30-22(26)29)14-15-6-3-4-7-18(15)24/h3-4,6-7,9-12,14H,1-2,5,8,13H2,(H,25,27)/b19-14-. The Labute approximate surface area is 183 Å². The molecule has 30 heavy (non-hydrogen) atoms. The number of thiocarbonyl (C=S) groups is 1. The molecule has 0 unspecified atom stereocenters. The van der Waals surface area contributed by atoms with E-state index in [9.17, 15) is 18.4 Å². The van der Waals surface area contributed by atoms with Crippen LogP contribution in [0.3, 0.4) is 0 Å². The smallest absolute Gasteiger partial charge is 0.266 e. The number of nitrogens with one attached hydrogen (secondary N) is 1. The molecule has 0 radical (unpaired) electrons. The lowest BCUT2D eigenvalue weighted by atomic mass is 10.1. The Morgan fingerprint density at radius 3 is 2.53 bits per heavy atom. The van der Waals surface area contributed by atoms with Gasteiger partial charge in [-0.05, 0) is 49.2 Å². The molecule has 2 aromatic rings. The van der Waals surface area contributed by atoms with Crippen molar-refractivity contribution in [3.8, 4) is 0 Å². The molecule has 1 fully saturated rings. The second-order valence-corrected chi connectivity index (χ2v) is 8.40. The number of rotatable bonds is 8. The summed E-state index contributed by atoms with van der Waals surface area (Å²) in [6, 6.07) is 11.9. The Morgan fingerprint density at radius 1 is 1.07 bits per heavy atom. The first-order valence-electron chi connectivity index (χ1n) is 9.49. The highest BCUT2D eigenvalue weighted by molar-refractivity contribution is 8.26. The highest BCUT2D eigenvalue weighted by Crippen LogP contribution is 2.33. The number of halogens is 2. The Balaban J connectivity index is 1.42. The lowest BCUT2D eigenvalue weighted by molar-refractivity contribution is -0.122. The van der Waals surface area contributed by atoms with Crippen LogP contribution in [-0.2, 0) is 9.59 Å². The molecule has 2 aromatic carbocycles. The molecule has 1 aliphatic heterocycles. The summed E-state index contributed by atoms with van der Waals surface area (Å²) < 4.78 is 27.1. The number of anilines is 1. The predicted molar refractivity (Wildman–Crippen MR) is 120 cm³/mol. The van der Waals surface area contributed by atoms with Crippen molar-refractivity contribution in [1.82, 2.24) is 4.90 Å². The van der Waals surface area contributed by atoms with Crippen LogP contribution >= 0.6 is 24.0 Å². The van der Waals surface area contributed by atoms with E-state index in [0.29, 0.717) is 46.3 Å². The average molecular weight is 447 g/mol. The molecule has 0 aliphatic carbocycles. The molecule has 1 N–H and O–H groups in total. The average Bonchev–Trinajstić information content (AvgIpc) is 2.98. The van der Waals surface area contributed by atoms with E-state index in [0.717, 1.165) is 6.42 Å².